The Labute approximate surface area is 137 Å². The Kier molecular flexibility index (Phi) is 5.57. The van der Waals surface area contributed by atoms with Gasteiger partial charge in [0.15, 0.2) is 14.2 Å². The Morgan fingerprint density at radius 3 is 2.04 bits per heavy atom. The molecule has 2 aromatic carbocycles. The average Bonchev–Trinajstić information content (AvgIpc) is 2.55. The van der Waals surface area contributed by atoms with E-state index in [0.717, 1.165) is 11.1 Å². The molecule has 0 aliphatic carbocycles. The van der Waals surface area contributed by atoms with Gasteiger partial charge in [-0.25, -0.2) is 0 Å². The maximum atomic E-state index is 12.6. The number of carbonyl (C=O) groups excluding carboxylic acids is 2. The second-order valence-corrected chi connectivity index (χ2v) is 6.73. The molecule has 2 aromatic rings. The maximum Gasteiger partial charge on any atom is 0.168 e. The third-order valence-electron chi connectivity index (χ3n) is 3.75. The minimum absolute atomic E-state index is 0.0380. The second-order valence-electron chi connectivity index (χ2n) is 6.16. The third kappa shape index (κ3) is 4.43. The first-order chi connectivity index (χ1) is 10.9. The highest BCUT2D eigenvalue weighted by Gasteiger charge is 2.31. The molecule has 0 aromatic heterocycles. The van der Waals surface area contributed by atoms with Gasteiger partial charge < -0.3 is 0 Å². The van der Waals surface area contributed by atoms with Crippen LogP contribution in [-0.4, -0.2) is 17.7 Å². The highest BCUT2D eigenvalue weighted by Crippen LogP contribution is 2.28. The minimum Gasteiger partial charge on any atom is -0.299 e. The Morgan fingerprint density at radius 1 is 0.913 bits per heavy atom. The number of rotatable bonds is 7. The fourth-order valence-corrected chi connectivity index (χ4v) is 2.79. The lowest BCUT2D eigenvalue weighted by molar-refractivity contribution is -0.118. The lowest BCUT2D eigenvalue weighted by atomic mass is 9.80. The molecule has 2 rings (SSSR count). The largest absolute Gasteiger partial charge is 0.299 e. The molecule has 0 spiro atoms. The van der Waals surface area contributed by atoms with Crippen LogP contribution in [0, 0.1) is 5.41 Å². The molecular formula is C19H19O3P. The first kappa shape index (κ1) is 17.2. The van der Waals surface area contributed by atoms with Gasteiger partial charge in [-0.2, -0.15) is 0 Å². The van der Waals surface area contributed by atoms with Crippen LogP contribution in [0.1, 0.15) is 30.6 Å². The average molecular weight is 326 g/mol. The van der Waals surface area contributed by atoms with Crippen LogP contribution < -0.4 is 0 Å². The lowest BCUT2D eigenvalue weighted by Gasteiger charge is -2.22. The highest BCUT2D eigenvalue weighted by atomic mass is 31.1. The van der Waals surface area contributed by atoms with E-state index in [4.69, 9.17) is 0 Å². The normalized spacial score (nSPS) is 11.4. The van der Waals surface area contributed by atoms with Crippen LogP contribution in [0.2, 0.25) is 0 Å². The molecular weight excluding hydrogens is 307 g/mol. The summed E-state index contributed by atoms with van der Waals surface area (Å²) in [7, 11) is -0.199. The molecule has 23 heavy (non-hydrogen) atoms. The van der Waals surface area contributed by atoms with Crippen LogP contribution in [0.3, 0.4) is 0 Å². The summed E-state index contributed by atoms with van der Waals surface area (Å²) >= 11 is 0. The number of Topliss-reactive ketones (excluding diaryl/α,β-unsaturated/α-hetero) is 2. The van der Waals surface area contributed by atoms with Crippen LogP contribution in [0.15, 0.2) is 54.6 Å². The Morgan fingerprint density at radius 2 is 1.48 bits per heavy atom. The van der Waals surface area contributed by atoms with Crippen molar-refractivity contribution in [2.24, 2.45) is 5.41 Å². The molecule has 0 N–H and O–H groups in total. The maximum absolute atomic E-state index is 12.6. The van der Waals surface area contributed by atoms with Gasteiger partial charge in [0.2, 0.25) is 0 Å². The molecule has 0 saturated heterocycles. The Bertz CT molecular complexity index is 703. The zero-order valence-corrected chi connectivity index (χ0v) is 14.2. The number of hydrogen-bond acceptors (Lipinski definition) is 3. The minimum atomic E-state index is -0.796. The molecule has 118 valence electrons. The van der Waals surface area contributed by atoms with Crippen molar-refractivity contribution in [3.05, 3.63) is 60.2 Å². The molecule has 0 aliphatic rings. The van der Waals surface area contributed by atoms with Crippen LogP contribution in [0.25, 0.3) is 11.1 Å². The smallest absolute Gasteiger partial charge is 0.168 e. The summed E-state index contributed by atoms with van der Waals surface area (Å²) in [5.41, 5.74) is 1.93. The standard InChI is InChI=1S/C19H19O3P/c1-19(2,12-17(20)13-23-22)18(21)16-10-8-15(9-11-16)14-6-4-3-5-7-14/h3-11H,12-13H2,1-2H3. The highest BCUT2D eigenvalue weighted by molar-refractivity contribution is 7.25. The molecule has 0 bridgehead atoms. The van der Waals surface area contributed by atoms with Crippen molar-refractivity contribution >= 4 is 20.0 Å². The topological polar surface area (TPSA) is 51.2 Å². The van der Waals surface area contributed by atoms with Gasteiger partial charge in [0.25, 0.3) is 0 Å². The Hall–Kier alpha value is -2.12. The van der Waals surface area contributed by atoms with Gasteiger partial charge in [0, 0.05) is 17.4 Å². The molecule has 0 fully saturated rings. The molecule has 0 saturated carbocycles. The van der Waals surface area contributed by atoms with E-state index in [0.29, 0.717) is 5.56 Å². The van der Waals surface area contributed by atoms with E-state index in [1.54, 1.807) is 26.0 Å². The van der Waals surface area contributed by atoms with E-state index in [1.165, 1.54) is 0 Å². The van der Waals surface area contributed by atoms with E-state index >= 15 is 0 Å². The summed E-state index contributed by atoms with van der Waals surface area (Å²) in [4.78, 5) is 24.3. The molecule has 0 aliphatic heterocycles. The van der Waals surface area contributed by atoms with Gasteiger partial charge in [-0.15, -0.1) is 0 Å². The quantitative estimate of drug-likeness (QED) is 0.542. The summed E-state index contributed by atoms with van der Waals surface area (Å²) in [6.07, 6.45) is 0.0607. The first-order valence-electron chi connectivity index (χ1n) is 7.45. The van der Waals surface area contributed by atoms with Crippen molar-refractivity contribution in [1.82, 2.24) is 0 Å². The predicted octanol–water partition coefficient (Wildman–Crippen LogP) is 4.81. The van der Waals surface area contributed by atoms with E-state index in [1.807, 2.05) is 42.5 Å². The van der Waals surface area contributed by atoms with Gasteiger partial charge >= 0.3 is 0 Å². The number of ketones is 2. The van der Waals surface area contributed by atoms with E-state index in [2.05, 4.69) is 0 Å². The van der Waals surface area contributed by atoms with E-state index < -0.39 is 5.41 Å². The van der Waals surface area contributed by atoms with Gasteiger partial charge in [-0.3, -0.25) is 14.2 Å². The molecule has 0 amide bonds. The van der Waals surface area contributed by atoms with Gasteiger partial charge in [-0.05, 0) is 11.1 Å². The van der Waals surface area contributed by atoms with Crippen molar-refractivity contribution in [3.8, 4) is 11.1 Å². The Balaban J connectivity index is 2.16. The van der Waals surface area contributed by atoms with Crippen molar-refractivity contribution in [3.63, 3.8) is 0 Å². The lowest BCUT2D eigenvalue weighted by Crippen LogP contribution is -2.28. The first-order valence-corrected chi connectivity index (χ1v) is 8.45. The summed E-state index contributed by atoms with van der Waals surface area (Å²) in [5, 5.41) is 0. The van der Waals surface area contributed by atoms with Crippen LogP contribution in [0.5, 0.6) is 0 Å². The fourth-order valence-electron chi connectivity index (χ4n) is 2.54. The van der Waals surface area contributed by atoms with Crippen molar-refractivity contribution < 1.29 is 14.2 Å². The summed E-state index contributed by atoms with van der Waals surface area (Å²) in [6.45, 7) is 3.50. The zero-order chi connectivity index (χ0) is 16.9. The van der Waals surface area contributed by atoms with Crippen molar-refractivity contribution in [2.75, 3.05) is 6.16 Å². The summed E-state index contributed by atoms with van der Waals surface area (Å²) in [5.74, 6) is -0.242. The zero-order valence-electron chi connectivity index (χ0n) is 13.3. The van der Waals surface area contributed by atoms with E-state index in [-0.39, 0.29) is 32.6 Å². The SMILES string of the molecule is CC(C)(CC(=O)CP=O)C(=O)c1ccc(-c2ccccc2)cc1. The van der Waals surface area contributed by atoms with Gasteiger partial charge in [-0.1, -0.05) is 68.4 Å². The molecule has 4 heteroatoms. The third-order valence-corrected chi connectivity index (χ3v) is 4.23. The van der Waals surface area contributed by atoms with Crippen LogP contribution in [-0.2, 0) is 9.36 Å². The monoisotopic (exact) mass is 326 g/mol. The predicted molar refractivity (Wildman–Crippen MR) is 92.1 cm³/mol. The van der Waals surface area contributed by atoms with Gasteiger partial charge in [0.1, 0.15) is 5.78 Å². The number of benzene rings is 2. The fraction of sp³-hybridized carbons (Fsp3) is 0.263. The molecule has 0 radical (unpaired) electrons. The molecule has 3 nitrogen and oxygen atoms in total. The number of carbonyl (C=O) groups is 2. The number of hydrogen-bond donors (Lipinski definition) is 0. The molecule has 0 atom stereocenters. The second kappa shape index (κ2) is 7.43. The van der Waals surface area contributed by atoms with Crippen molar-refractivity contribution in [1.29, 1.82) is 0 Å². The summed E-state index contributed by atoms with van der Waals surface area (Å²) in [6, 6.07) is 17.3. The molecule has 0 unspecified atom stereocenters. The molecule has 0 heterocycles. The summed E-state index contributed by atoms with van der Waals surface area (Å²) < 4.78 is 10.5. The van der Waals surface area contributed by atoms with Gasteiger partial charge in [0.05, 0.1) is 6.16 Å². The van der Waals surface area contributed by atoms with Crippen LogP contribution in [0.4, 0.5) is 0 Å². The van der Waals surface area contributed by atoms with Crippen molar-refractivity contribution in [2.45, 2.75) is 20.3 Å². The van der Waals surface area contributed by atoms with E-state index in [9.17, 15) is 14.2 Å². The van der Waals surface area contributed by atoms with Crippen LogP contribution >= 0.6 is 8.46 Å².